The summed E-state index contributed by atoms with van der Waals surface area (Å²) in [4.78, 5) is 63.7. The number of fused-ring (bicyclic) bond motifs is 4. The van der Waals surface area contributed by atoms with Crippen molar-refractivity contribution in [2.75, 3.05) is 17.5 Å². The first-order valence-electron chi connectivity index (χ1n) is 12.9. The number of hydrogen-bond donors (Lipinski definition) is 1. The highest BCUT2D eigenvalue weighted by Gasteiger charge is 2.76. The zero-order valence-corrected chi connectivity index (χ0v) is 24.9. The maximum atomic E-state index is 14.0. The van der Waals surface area contributed by atoms with Crippen molar-refractivity contribution in [2.24, 2.45) is 17.8 Å². The predicted molar refractivity (Wildman–Crippen MR) is 154 cm³/mol. The highest BCUT2D eigenvalue weighted by molar-refractivity contribution is 9.09. The third kappa shape index (κ3) is 3.64. The molecule has 4 aliphatic rings. The van der Waals surface area contributed by atoms with E-state index in [-0.39, 0.29) is 41.0 Å². The molecule has 2 aromatic carbocycles. The molecule has 1 N–H and O–H groups in total. The van der Waals surface area contributed by atoms with Crippen LogP contribution < -0.4 is 9.64 Å². The number of phenolic OH excluding ortho intramolecular Hbond substituents is 1. The second-order valence-corrected chi connectivity index (χ2v) is 12.4. The normalized spacial score (nSPS) is 32.0. The molecule has 6 rings (SSSR count). The van der Waals surface area contributed by atoms with Gasteiger partial charge >= 0.3 is 0 Å². The Balaban J connectivity index is 1.51. The molecular weight excluding hydrogens is 657 g/mol. The van der Waals surface area contributed by atoms with Gasteiger partial charge in [-0.2, -0.15) is 0 Å². The minimum Gasteiger partial charge on any atom is -0.508 e. The SMILES string of the molecule is COc1ccc([C@H]2C3=CC[C@@H]4C(=O)N(c5cccc([N+](=O)[O-])c5)C(=O)[C@@H]4[C@@H]3C[C@@]3(Cl)C(=O)N(CBr)C(=O)[C@@]23Cl)c(O)c1. The number of allylic oxidation sites excluding steroid dienone is 2. The molecule has 42 heavy (non-hydrogen) atoms. The van der Waals surface area contributed by atoms with Crippen molar-refractivity contribution >= 4 is 74.1 Å². The number of halogens is 3. The number of benzene rings is 2. The van der Waals surface area contributed by atoms with Gasteiger partial charge in [0.15, 0.2) is 9.75 Å². The van der Waals surface area contributed by atoms with Gasteiger partial charge in [-0.3, -0.25) is 34.2 Å². The van der Waals surface area contributed by atoms with Crippen LogP contribution in [0.25, 0.3) is 0 Å². The molecule has 218 valence electrons. The lowest BCUT2D eigenvalue weighted by Gasteiger charge is -2.50. The van der Waals surface area contributed by atoms with Crippen LogP contribution in [0.15, 0.2) is 54.1 Å². The quantitative estimate of drug-likeness (QED) is 0.123. The van der Waals surface area contributed by atoms with E-state index in [1.54, 1.807) is 12.1 Å². The maximum absolute atomic E-state index is 14.0. The molecule has 3 fully saturated rings. The predicted octanol–water partition coefficient (Wildman–Crippen LogP) is 4.22. The standard InChI is InChI=1S/C28H22BrCl2N3O8/c1-42-15-5-6-17(20(35)10-15)22-16-7-8-18-21(19(16)11-27(30)25(38)32(12-29)26(39)28(22,27)31)24(37)33(23(18)36)13-3-2-4-14(9-13)34(40)41/h2-7,9-10,18-19,21-22,35H,8,11-12H2,1H3/t18-,19+,21-,22+,27+,28-/m0/s1. The molecule has 6 atom stereocenters. The van der Waals surface area contributed by atoms with Gasteiger partial charge in [0, 0.05) is 29.7 Å². The fourth-order valence-corrected chi connectivity index (χ4v) is 8.41. The molecule has 2 aliphatic carbocycles. The van der Waals surface area contributed by atoms with Crippen LogP contribution in [0.4, 0.5) is 11.4 Å². The summed E-state index contributed by atoms with van der Waals surface area (Å²) >= 11 is 17.5. The van der Waals surface area contributed by atoms with Gasteiger partial charge in [-0.15, -0.1) is 23.2 Å². The number of imide groups is 2. The lowest BCUT2D eigenvalue weighted by Crippen LogP contribution is -2.60. The molecule has 0 radical (unpaired) electrons. The molecule has 0 spiro atoms. The second kappa shape index (κ2) is 9.78. The Morgan fingerprint density at radius 2 is 1.83 bits per heavy atom. The van der Waals surface area contributed by atoms with E-state index < -0.39 is 62.0 Å². The second-order valence-electron chi connectivity index (χ2n) is 10.7. The molecule has 4 amide bonds. The number of anilines is 1. The molecule has 0 unspecified atom stereocenters. The average Bonchev–Trinajstić information content (AvgIpc) is 3.31. The van der Waals surface area contributed by atoms with Crippen molar-refractivity contribution < 1.29 is 33.9 Å². The third-order valence-electron chi connectivity index (χ3n) is 8.86. The van der Waals surface area contributed by atoms with Gasteiger partial charge in [0.2, 0.25) is 11.8 Å². The number of methoxy groups -OCH3 is 1. The number of carbonyl (C=O) groups is 4. The number of alkyl halides is 3. The van der Waals surface area contributed by atoms with E-state index in [0.717, 1.165) is 15.9 Å². The Labute approximate surface area is 257 Å². The number of nitro groups is 1. The van der Waals surface area contributed by atoms with Crippen molar-refractivity contribution in [3.05, 3.63) is 69.8 Å². The summed E-state index contributed by atoms with van der Waals surface area (Å²) in [7, 11) is 1.42. The van der Waals surface area contributed by atoms with E-state index in [0.29, 0.717) is 11.3 Å². The van der Waals surface area contributed by atoms with Crippen LogP contribution in [0.1, 0.15) is 24.3 Å². The summed E-state index contributed by atoms with van der Waals surface area (Å²) in [5.41, 5.74) is 0.298. The first kappa shape index (κ1) is 28.6. The van der Waals surface area contributed by atoms with Crippen LogP contribution in [0.2, 0.25) is 0 Å². The van der Waals surface area contributed by atoms with Crippen LogP contribution in [-0.4, -0.2) is 60.9 Å². The highest BCUT2D eigenvalue weighted by atomic mass is 79.9. The van der Waals surface area contributed by atoms with Crippen LogP contribution in [0.5, 0.6) is 11.5 Å². The molecule has 2 saturated heterocycles. The molecule has 2 aliphatic heterocycles. The van der Waals surface area contributed by atoms with Gasteiger partial charge in [0.05, 0.1) is 35.0 Å². The summed E-state index contributed by atoms with van der Waals surface area (Å²) in [6, 6.07) is 9.67. The number of non-ortho nitro benzene ring substituents is 1. The molecule has 2 heterocycles. The number of rotatable bonds is 5. The van der Waals surface area contributed by atoms with E-state index in [4.69, 9.17) is 27.9 Å². The third-order valence-corrected chi connectivity index (χ3v) is 10.8. The summed E-state index contributed by atoms with van der Waals surface area (Å²) < 4.78 is 5.21. The first-order valence-corrected chi connectivity index (χ1v) is 14.8. The highest BCUT2D eigenvalue weighted by Crippen LogP contribution is 2.66. The van der Waals surface area contributed by atoms with E-state index in [9.17, 15) is 34.4 Å². The molecule has 0 aromatic heterocycles. The van der Waals surface area contributed by atoms with Crippen LogP contribution in [-0.2, 0) is 19.2 Å². The zero-order valence-electron chi connectivity index (χ0n) is 21.8. The van der Waals surface area contributed by atoms with E-state index in [1.807, 2.05) is 0 Å². The zero-order chi connectivity index (χ0) is 30.3. The van der Waals surface area contributed by atoms with Crippen molar-refractivity contribution in [3.8, 4) is 11.5 Å². The Kier molecular flexibility index (Phi) is 6.67. The fraction of sp³-hybridized carbons (Fsp3) is 0.357. The van der Waals surface area contributed by atoms with Crippen molar-refractivity contribution in [1.82, 2.24) is 4.90 Å². The van der Waals surface area contributed by atoms with Crippen LogP contribution in [0, 0.1) is 27.9 Å². The number of nitro benzene ring substituents is 1. The largest absolute Gasteiger partial charge is 0.508 e. The van der Waals surface area contributed by atoms with E-state index in [2.05, 4.69) is 15.9 Å². The van der Waals surface area contributed by atoms with Crippen LogP contribution >= 0.6 is 39.1 Å². The number of ether oxygens (including phenoxy) is 1. The Morgan fingerprint density at radius 1 is 1.10 bits per heavy atom. The number of amides is 4. The number of aromatic hydroxyl groups is 1. The number of carbonyl (C=O) groups excluding carboxylic acids is 4. The first-order chi connectivity index (χ1) is 19.9. The van der Waals surface area contributed by atoms with Gasteiger partial charge < -0.3 is 9.84 Å². The molecule has 1 saturated carbocycles. The number of likely N-dealkylation sites (tertiary alicyclic amines) is 1. The Morgan fingerprint density at radius 3 is 2.48 bits per heavy atom. The van der Waals surface area contributed by atoms with E-state index >= 15 is 0 Å². The fourth-order valence-electron chi connectivity index (χ4n) is 6.99. The molecule has 14 heteroatoms. The van der Waals surface area contributed by atoms with Gasteiger partial charge in [-0.1, -0.05) is 39.7 Å². The lowest BCUT2D eigenvalue weighted by atomic mass is 9.56. The topological polar surface area (TPSA) is 147 Å². The smallest absolute Gasteiger partial charge is 0.271 e. The summed E-state index contributed by atoms with van der Waals surface area (Å²) in [6.45, 7) is 0. The van der Waals surface area contributed by atoms with Gasteiger partial charge in [-0.25, -0.2) is 4.90 Å². The Bertz CT molecular complexity index is 1630. The average molecular weight is 679 g/mol. The van der Waals surface area contributed by atoms with Crippen LogP contribution in [0.3, 0.4) is 0 Å². The van der Waals surface area contributed by atoms with Crippen molar-refractivity contribution in [1.29, 1.82) is 0 Å². The monoisotopic (exact) mass is 677 g/mol. The van der Waals surface area contributed by atoms with Crippen molar-refractivity contribution in [2.45, 2.75) is 28.5 Å². The summed E-state index contributed by atoms with van der Waals surface area (Å²) in [5, 5.41) is 22.5. The van der Waals surface area contributed by atoms with Gasteiger partial charge in [0.1, 0.15) is 11.5 Å². The maximum Gasteiger partial charge on any atom is 0.271 e. The van der Waals surface area contributed by atoms with Crippen molar-refractivity contribution in [3.63, 3.8) is 0 Å². The lowest BCUT2D eigenvalue weighted by molar-refractivity contribution is -0.384. The number of hydrogen-bond acceptors (Lipinski definition) is 8. The minimum atomic E-state index is -2.06. The molecule has 2 aromatic rings. The summed E-state index contributed by atoms with van der Waals surface area (Å²) in [5.74, 6) is -6.35. The molecule has 11 nitrogen and oxygen atoms in total. The number of phenols is 1. The van der Waals surface area contributed by atoms with Gasteiger partial charge in [-0.05, 0) is 30.9 Å². The van der Waals surface area contributed by atoms with E-state index in [1.165, 1.54) is 37.4 Å². The summed E-state index contributed by atoms with van der Waals surface area (Å²) in [6.07, 6.45) is 1.61. The number of nitrogens with zero attached hydrogens (tertiary/aromatic N) is 3. The molecular formula is C28H22BrCl2N3O8. The minimum absolute atomic E-state index is 0.0557. The Hall–Kier alpha value is -3.48. The molecule has 0 bridgehead atoms. The van der Waals surface area contributed by atoms with Gasteiger partial charge in [0.25, 0.3) is 17.5 Å².